The van der Waals surface area contributed by atoms with E-state index in [2.05, 4.69) is 12.6 Å². The van der Waals surface area contributed by atoms with Crippen molar-refractivity contribution in [3.63, 3.8) is 0 Å². The van der Waals surface area contributed by atoms with Crippen molar-refractivity contribution in [2.45, 2.75) is 72.2 Å². The third-order valence-corrected chi connectivity index (χ3v) is 5.82. The van der Waals surface area contributed by atoms with E-state index >= 15 is 0 Å². The number of rotatable bonds is 6. The van der Waals surface area contributed by atoms with Gasteiger partial charge in [0.2, 0.25) is 0 Å². The first-order valence-electron chi connectivity index (χ1n) is 9.88. The second-order valence-corrected chi connectivity index (χ2v) is 10.6. The molecule has 1 radical (unpaired) electrons. The largest absolute Gasteiger partial charge is 0.428 e. The predicted octanol–water partition coefficient (Wildman–Crippen LogP) is 5.24. The Morgan fingerprint density at radius 1 is 1.10 bits per heavy atom. The SMILES string of the molecule is CCc1c(F)ccc2cc([B]OC(C)(C)C(C)(C)S)cc(OC(=O)C(C)(C)C)c12. The third-order valence-electron chi connectivity index (χ3n) is 5.29. The molecule has 0 unspecified atom stereocenters. The molecule has 6 heteroatoms. The molecule has 0 aliphatic rings. The van der Waals surface area contributed by atoms with Crippen LogP contribution in [0.5, 0.6) is 5.75 Å². The Kier molecular flexibility index (Phi) is 6.80. The van der Waals surface area contributed by atoms with Crippen molar-refractivity contribution in [3.8, 4) is 5.75 Å². The van der Waals surface area contributed by atoms with Crippen molar-refractivity contribution in [1.29, 1.82) is 0 Å². The van der Waals surface area contributed by atoms with E-state index in [1.807, 2.05) is 40.7 Å². The van der Waals surface area contributed by atoms with Gasteiger partial charge in [0.15, 0.2) is 0 Å². The monoisotopic (exact) mass is 417 g/mol. The number of fused-ring (bicyclic) bond motifs is 1. The van der Waals surface area contributed by atoms with Gasteiger partial charge in [0, 0.05) is 10.1 Å². The van der Waals surface area contributed by atoms with Gasteiger partial charge >= 0.3 is 13.5 Å². The van der Waals surface area contributed by atoms with E-state index in [1.54, 1.807) is 40.4 Å². The first-order chi connectivity index (χ1) is 13.2. The number of carbonyl (C=O) groups excluding carboxylic acids is 1. The lowest BCUT2D eigenvalue weighted by Crippen LogP contribution is -2.45. The van der Waals surface area contributed by atoms with Crippen LogP contribution >= 0.6 is 12.6 Å². The van der Waals surface area contributed by atoms with E-state index in [4.69, 9.17) is 9.39 Å². The van der Waals surface area contributed by atoms with Crippen LogP contribution < -0.4 is 10.2 Å². The van der Waals surface area contributed by atoms with Crippen LogP contribution in [0.3, 0.4) is 0 Å². The maximum absolute atomic E-state index is 14.4. The number of ether oxygens (including phenoxy) is 1. The quantitative estimate of drug-likeness (QED) is 0.302. The van der Waals surface area contributed by atoms with Crippen molar-refractivity contribution >= 4 is 42.3 Å². The van der Waals surface area contributed by atoms with Gasteiger partial charge in [-0.2, -0.15) is 12.6 Å². The van der Waals surface area contributed by atoms with Crippen molar-refractivity contribution < 1.29 is 18.6 Å². The molecule has 2 rings (SSSR count). The topological polar surface area (TPSA) is 35.5 Å². The fraction of sp³-hybridized carbons (Fsp3) is 0.522. The molecule has 2 aromatic carbocycles. The van der Waals surface area contributed by atoms with Crippen LogP contribution in [0.25, 0.3) is 10.8 Å². The van der Waals surface area contributed by atoms with Crippen molar-refractivity contribution in [2.24, 2.45) is 5.41 Å². The molecule has 0 aromatic heterocycles. The summed E-state index contributed by atoms with van der Waals surface area (Å²) in [6.45, 7) is 15.1. The summed E-state index contributed by atoms with van der Waals surface area (Å²) in [6.07, 6.45) is 0.490. The molecule has 157 valence electrons. The smallest absolute Gasteiger partial charge is 0.330 e. The van der Waals surface area contributed by atoms with Crippen molar-refractivity contribution in [1.82, 2.24) is 0 Å². The molecule has 0 atom stereocenters. The molecule has 29 heavy (non-hydrogen) atoms. The Morgan fingerprint density at radius 3 is 2.24 bits per heavy atom. The molecule has 0 saturated heterocycles. The van der Waals surface area contributed by atoms with Gasteiger partial charge in [-0.3, -0.25) is 4.79 Å². The van der Waals surface area contributed by atoms with Gasteiger partial charge in [-0.1, -0.05) is 19.1 Å². The molecule has 0 spiro atoms. The Bertz CT molecular complexity index is 911. The van der Waals surface area contributed by atoms with Crippen molar-refractivity contribution in [2.75, 3.05) is 0 Å². The van der Waals surface area contributed by atoms with E-state index in [0.717, 1.165) is 10.8 Å². The number of hydrogen-bond acceptors (Lipinski definition) is 4. The number of aryl methyl sites for hydroxylation is 1. The van der Waals surface area contributed by atoms with Gasteiger partial charge in [0.1, 0.15) is 11.6 Å². The number of carbonyl (C=O) groups is 1. The third kappa shape index (κ3) is 5.34. The fourth-order valence-electron chi connectivity index (χ4n) is 2.60. The van der Waals surface area contributed by atoms with Crippen LogP contribution in [0.2, 0.25) is 0 Å². The van der Waals surface area contributed by atoms with Gasteiger partial charge in [-0.15, -0.1) is 0 Å². The summed E-state index contributed by atoms with van der Waals surface area (Å²) in [4.78, 5) is 12.6. The summed E-state index contributed by atoms with van der Waals surface area (Å²) in [7, 11) is 1.64. The molecule has 0 saturated carbocycles. The Morgan fingerprint density at radius 2 is 1.72 bits per heavy atom. The summed E-state index contributed by atoms with van der Waals surface area (Å²) >= 11 is 4.62. The number of esters is 1. The lowest BCUT2D eigenvalue weighted by molar-refractivity contribution is -0.142. The van der Waals surface area contributed by atoms with Crippen molar-refractivity contribution in [3.05, 3.63) is 35.6 Å². The normalized spacial score (nSPS) is 12.9. The zero-order chi connectivity index (χ0) is 22.2. The number of halogens is 1. The van der Waals surface area contributed by atoms with E-state index in [9.17, 15) is 9.18 Å². The highest BCUT2D eigenvalue weighted by Gasteiger charge is 2.34. The van der Waals surface area contributed by atoms with E-state index in [-0.39, 0.29) is 16.5 Å². The molecule has 0 fully saturated rings. The molecule has 0 aliphatic carbocycles. The molecule has 0 bridgehead atoms. The molecule has 0 heterocycles. The standard InChI is InChI=1S/C23H31BFO3S/c1-9-16-17(25)11-10-14-12-15(24-28-22(5,6)23(7,8)29)13-18(19(14)16)27-20(26)21(2,3)4/h10-13,29H,9H2,1-8H3. The highest BCUT2D eigenvalue weighted by Crippen LogP contribution is 2.33. The minimum absolute atomic E-state index is 0.306. The van der Waals surface area contributed by atoms with Crippen LogP contribution in [0, 0.1) is 11.2 Å². The zero-order valence-corrected chi connectivity index (χ0v) is 19.5. The summed E-state index contributed by atoms with van der Waals surface area (Å²) in [5.74, 6) is -0.337. The first kappa shape index (κ1) is 23.8. The lowest BCUT2D eigenvalue weighted by atomic mass is 9.82. The Balaban J connectivity index is 2.55. The minimum Gasteiger partial charge on any atom is -0.428 e. The van der Waals surface area contributed by atoms with Gasteiger partial charge < -0.3 is 9.39 Å². The zero-order valence-electron chi connectivity index (χ0n) is 18.6. The number of hydrogen-bond donors (Lipinski definition) is 1. The summed E-state index contributed by atoms with van der Waals surface area (Å²) in [5.41, 5.74) is 0.0439. The molecule has 3 nitrogen and oxygen atoms in total. The van der Waals surface area contributed by atoms with Crippen LogP contribution in [0.1, 0.15) is 61.0 Å². The molecule has 0 aliphatic heterocycles. The van der Waals surface area contributed by atoms with Gasteiger partial charge in [-0.05, 0) is 83.4 Å². The average Bonchev–Trinajstić information content (AvgIpc) is 2.58. The molecular formula is C23H31BFO3S. The average molecular weight is 417 g/mol. The van der Waals surface area contributed by atoms with Gasteiger partial charge in [0.05, 0.1) is 11.0 Å². The summed E-state index contributed by atoms with van der Waals surface area (Å²) in [5, 5.41) is 1.41. The van der Waals surface area contributed by atoms with Crippen LogP contribution in [-0.4, -0.2) is 23.8 Å². The minimum atomic E-state index is -0.680. The second kappa shape index (κ2) is 8.31. The molecular weight excluding hydrogens is 386 g/mol. The van der Waals surface area contributed by atoms with E-state index in [0.29, 0.717) is 23.1 Å². The predicted molar refractivity (Wildman–Crippen MR) is 122 cm³/mol. The maximum atomic E-state index is 14.4. The fourth-order valence-corrected chi connectivity index (χ4v) is 2.66. The van der Waals surface area contributed by atoms with E-state index < -0.39 is 11.0 Å². The highest BCUT2D eigenvalue weighted by molar-refractivity contribution is 7.81. The van der Waals surface area contributed by atoms with E-state index in [1.165, 1.54) is 6.07 Å². The summed E-state index contributed by atoms with van der Waals surface area (Å²) in [6, 6.07) is 6.78. The van der Waals surface area contributed by atoms with Crippen LogP contribution in [-0.2, 0) is 15.9 Å². The number of benzene rings is 2. The number of thiol groups is 1. The molecule has 0 amide bonds. The molecule has 0 N–H and O–H groups in total. The Labute approximate surface area is 180 Å². The summed E-state index contributed by atoms with van der Waals surface area (Å²) < 4.78 is 25.8. The Hall–Kier alpha value is -1.53. The lowest BCUT2D eigenvalue weighted by Gasteiger charge is -2.38. The second-order valence-electron chi connectivity index (χ2n) is 9.44. The van der Waals surface area contributed by atoms with Crippen LogP contribution in [0.4, 0.5) is 4.39 Å². The first-order valence-corrected chi connectivity index (χ1v) is 10.3. The van der Waals surface area contributed by atoms with Crippen LogP contribution in [0.15, 0.2) is 24.3 Å². The van der Waals surface area contributed by atoms with Gasteiger partial charge in [-0.25, -0.2) is 4.39 Å². The maximum Gasteiger partial charge on any atom is 0.330 e. The highest BCUT2D eigenvalue weighted by atomic mass is 32.1. The molecule has 2 aromatic rings. The van der Waals surface area contributed by atoms with Gasteiger partial charge in [0.25, 0.3) is 0 Å².